The summed E-state index contributed by atoms with van der Waals surface area (Å²) in [6.45, 7) is 0.854. The van der Waals surface area contributed by atoms with Crippen LogP contribution >= 0.6 is 0 Å². The predicted octanol–water partition coefficient (Wildman–Crippen LogP) is 2.72. The lowest BCUT2D eigenvalue weighted by Crippen LogP contribution is -2.22. The summed E-state index contributed by atoms with van der Waals surface area (Å²) in [5, 5.41) is 9.34. The van der Waals surface area contributed by atoms with Crippen LogP contribution < -0.4 is 10.9 Å². The molecule has 3 N–H and O–H groups in total. The number of hydrogen-bond acceptors (Lipinski definition) is 6. The van der Waals surface area contributed by atoms with Gasteiger partial charge in [-0.1, -0.05) is 12.1 Å². The molecule has 2 aromatic carbocycles. The molecule has 154 valence electrons. The molecule has 0 fully saturated rings. The van der Waals surface area contributed by atoms with E-state index in [2.05, 4.69) is 25.5 Å². The molecular weight excluding hydrogens is 391 g/mol. The number of carbonyl (C=O) groups is 1. The van der Waals surface area contributed by atoms with Crippen molar-refractivity contribution < 1.29 is 13.9 Å². The Bertz CT molecular complexity index is 1300. The second-order valence-electron chi connectivity index (χ2n) is 6.95. The quantitative estimate of drug-likeness (QED) is 0.466. The molecule has 0 spiro atoms. The van der Waals surface area contributed by atoms with Crippen LogP contribution in [0.1, 0.15) is 0 Å². The van der Waals surface area contributed by atoms with Crippen molar-refractivity contribution >= 4 is 33.8 Å². The van der Waals surface area contributed by atoms with Gasteiger partial charge in [-0.25, -0.2) is 19.3 Å². The molecule has 0 saturated carbocycles. The lowest BCUT2D eigenvalue weighted by molar-refractivity contribution is 0.151. The number of likely N-dealkylation sites (N-methyl/N-ethyl adjacent to an activating group) is 1. The number of imidazole rings is 1. The second kappa shape index (κ2) is 7.91. The summed E-state index contributed by atoms with van der Waals surface area (Å²) in [4.78, 5) is 33.0. The van der Waals surface area contributed by atoms with Crippen LogP contribution in [0.2, 0.25) is 0 Å². The number of fused-ring (bicyclic) bond motifs is 2. The zero-order chi connectivity index (χ0) is 21.3. The molecule has 0 radical (unpaired) electrons. The summed E-state index contributed by atoms with van der Waals surface area (Å²) in [5.41, 5.74) is 1.62. The maximum absolute atomic E-state index is 14.4. The number of rotatable bonds is 5. The molecule has 2 aromatic heterocycles. The Balaban J connectivity index is 1.64. The van der Waals surface area contributed by atoms with E-state index in [9.17, 15) is 14.0 Å². The van der Waals surface area contributed by atoms with Gasteiger partial charge >= 0.3 is 6.09 Å². The number of carbonyl (C=O) groups excluding carboxylic acids is 1. The second-order valence-corrected chi connectivity index (χ2v) is 6.95. The van der Waals surface area contributed by atoms with Gasteiger partial charge in [0.25, 0.3) is 5.56 Å². The molecule has 1 amide bonds. The molecule has 10 heteroatoms. The van der Waals surface area contributed by atoms with Gasteiger partial charge in [0.15, 0.2) is 0 Å². The van der Waals surface area contributed by atoms with E-state index in [1.165, 1.54) is 12.1 Å². The highest BCUT2D eigenvalue weighted by atomic mass is 19.1. The minimum atomic E-state index is -0.619. The first-order chi connectivity index (χ1) is 14.4. The fourth-order valence-corrected chi connectivity index (χ4v) is 3.06. The minimum absolute atomic E-state index is 0.142. The summed E-state index contributed by atoms with van der Waals surface area (Å²) in [6.07, 6.45) is -0.619. The van der Waals surface area contributed by atoms with E-state index in [1.54, 1.807) is 24.3 Å². The first-order valence-corrected chi connectivity index (χ1v) is 9.18. The summed E-state index contributed by atoms with van der Waals surface area (Å²) < 4.78 is 19.5. The molecule has 0 saturated heterocycles. The van der Waals surface area contributed by atoms with E-state index >= 15 is 0 Å². The molecule has 9 nitrogen and oxygen atoms in total. The number of amides is 1. The standard InChI is InChI=1S/C20H19FN6O3/c1-27(2)8-9-30-20(29)24-19-22-14-7-6-11(10-15(14)23-19)17-16-12(18(28)26-25-17)4-3-5-13(16)21/h3-7,10H,8-9H2,1-2H3,(H,26,28)(H2,22,23,24,29). The summed E-state index contributed by atoms with van der Waals surface area (Å²) in [6, 6.07) is 9.45. The van der Waals surface area contributed by atoms with Crippen LogP contribution in [0.15, 0.2) is 41.2 Å². The largest absolute Gasteiger partial charge is 0.448 e. The highest BCUT2D eigenvalue weighted by molar-refractivity contribution is 5.96. The van der Waals surface area contributed by atoms with Crippen molar-refractivity contribution in [1.82, 2.24) is 25.1 Å². The van der Waals surface area contributed by atoms with E-state index in [4.69, 9.17) is 4.74 Å². The lowest BCUT2D eigenvalue weighted by Gasteiger charge is -2.09. The number of hydrogen-bond donors (Lipinski definition) is 3. The SMILES string of the molecule is CN(C)CCOC(=O)Nc1nc2ccc(-c3n[nH]c(=O)c4cccc(F)c34)cc2[nH]1. The fourth-order valence-electron chi connectivity index (χ4n) is 3.06. The topological polar surface area (TPSA) is 116 Å². The molecule has 0 atom stereocenters. The van der Waals surface area contributed by atoms with Crippen molar-refractivity contribution in [3.63, 3.8) is 0 Å². The van der Waals surface area contributed by atoms with Gasteiger partial charge in [-0.05, 0) is 38.4 Å². The van der Waals surface area contributed by atoms with Crippen molar-refractivity contribution in [2.75, 3.05) is 32.6 Å². The maximum atomic E-state index is 14.4. The van der Waals surface area contributed by atoms with Crippen molar-refractivity contribution in [3.8, 4) is 11.3 Å². The Hall–Kier alpha value is -3.79. The average Bonchev–Trinajstić information content (AvgIpc) is 3.10. The Morgan fingerprint density at radius 1 is 1.27 bits per heavy atom. The van der Waals surface area contributed by atoms with Crippen LogP contribution in [-0.4, -0.2) is 58.4 Å². The number of nitrogens with one attached hydrogen (secondary N) is 3. The third-order valence-corrected chi connectivity index (χ3v) is 4.51. The number of ether oxygens (including phenoxy) is 1. The number of benzene rings is 2. The van der Waals surface area contributed by atoms with E-state index in [1.807, 2.05) is 19.0 Å². The van der Waals surface area contributed by atoms with Gasteiger partial charge in [-0.2, -0.15) is 5.10 Å². The normalized spacial score (nSPS) is 11.3. The number of H-pyrrole nitrogens is 2. The lowest BCUT2D eigenvalue weighted by atomic mass is 10.0. The zero-order valence-corrected chi connectivity index (χ0v) is 16.3. The number of aromatic nitrogens is 4. The molecule has 4 rings (SSSR count). The Morgan fingerprint density at radius 2 is 2.10 bits per heavy atom. The highest BCUT2D eigenvalue weighted by Gasteiger charge is 2.15. The molecule has 0 aliphatic heterocycles. The molecule has 0 aliphatic carbocycles. The van der Waals surface area contributed by atoms with Crippen LogP contribution in [0.4, 0.5) is 15.1 Å². The van der Waals surface area contributed by atoms with Crippen molar-refractivity contribution in [2.24, 2.45) is 0 Å². The molecule has 0 bridgehead atoms. The summed E-state index contributed by atoms with van der Waals surface area (Å²) >= 11 is 0. The van der Waals surface area contributed by atoms with E-state index in [-0.39, 0.29) is 23.3 Å². The number of anilines is 1. The number of nitrogens with zero attached hydrogens (tertiary/aromatic N) is 3. The predicted molar refractivity (Wildman–Crippen MR) is 111 cm³/mol. The van der Waals surface area contributed by atoms with Gasteiger partial charge in [0, 0.05) is 12.1 Å². The van der Waals surface area contributed by atoms with Crippen LogP contribution in [0.3, 0.4) is 0 Å². The number of aromatic amines is 2. The molecule has 4 aromatic rings. The molecule has 0 aliphatic rings. The van der Waals surface area contributed by atoms with Gasteiger partial charge in [0.05, 0.1) is 21.8 Å². The average molecular weight is 410 g/mol. The van der Waals surface area contributed by atoms with Gasteiger partial charge in [0.1, 0.15) is 18.1 Å². The highest BCUT2D eigenvalue weighted by Crippen LogP contribution is 2.28. The van der Waals surface area contributed by atoms with Gasteiger partial charge in [-0.3, -0.25) is 10.1 Å². The first kappa shape index (κ1) is 19.5. The summed E-state index contributed by atoms with van der Waals surface area (Å²) in [5.74, 6) is -0.309. The molecule has 30 heavy (non-hydrogen) atoms. The number of halogens is 1. The smallest absolute Gasteiger partial charge is 0.414 e. The van der Waals surface area contributed by atoms with Crippen molar-refractivity contribution in [1.29, 1.82) is 0 Å². The van der Waals surface area contributed by atoms with Gasteiger partial charge in [-0.15, -0.1) is 0 Å². The molecule has 2 heterocycles. The van der Waals surface area contributed by atoms with Gasteiger partial charge in [0.2, 0.25) is 5.95 Å². The maximum Gasteiger partial charge on any atom is 0.414 e. The van der Waals surface area contributed by atoms with Gasteiger partial charge < -0.3 is 14.6 Å². The van der Waals surface area contributed by atoms with Crippen LogP contribution in [0.25, 0.3) is 33.1 Å². The van der Waals surface area contributed by atoms with Crippen molar-refractivity contribution in [3.05, 3.63) is 52.6 Å². The van der Waals surface area contributed by atoms with Crippen LogP contribution in [-0.2, 0) is 4.74 Å². The zero-order valence-electron chi connectivity index (χ0n) is 16.3. The van der Waals surface area contributed by atoms with E-state index in [0.717, 1.165) is 0 Å². The van der Waals surface area contributed by atoms with Crippen LogP contribution in [0.5, 0.6) is 0 Å². The summed E-state index contributed by atoms with van der Waals surface area (Å²) in [7, 11) is 3.76. The Labute approximate surface area is 169 Å². The third kappa shape index (κ3) is 3.85. The minimum Gasteiger partial charge on any atom is -0.448 e. The van der Waals surface area contributed by atoms with E-state index < -0.39 is 17.5 Å². The Morgan fingerprint density at radius 3 is 2.90 bits per heavy atom. The van der Waals surface area contributed by atoms with Crippen molar-refractivity contribution in [2.45, 2.75) is 0 Å². The first-order valence-electron chi connectivity index (χ1n) is 9.18. The molecule has 0 unspecified atom stereocenters. The third-order valence-electron chi connectivity index (χ3n) is 4.51. The monoisotopic (exact) mass is 410 g/mol. The van der Waals surface area contributed by atoms with Crippen LogP contribution in [0, 0.1) is 5.82 Å². The van der Waals surface area contributed by atoms with E-state index in [0.29, 0.717) is 28.8 Å². The molecular formula is C20H19FN6O3. The Kier molecular flexibility index (Phi) is 5.15. The fraction of sp³-hybridized carbons (Fsp3) is 0.200.